The zero-order chi connectivity index (χ0) is 13.4. The molecule has 2 fully saturated rings. The van der Waals surface area contributed by atoms with Crippen molar-refractivity contribution in [1.82, 2.24) is 10.3 Å². The van der Waals surface area contributed by atoms with Gasteiger partial charge in [-0.05, 0) is 38.3 Å². The Bertz CT molecular complexity index is 491. The van der Waals surface area contributed by atoms with Crippen molar-refractivity contribution < 1.29 is 4.92 Å². The van der Waals surface area contributed by atoms with Crippen LogP contribution in [0.3, 0.4) is 0 Å². The molecule has 0 bridgehead atoms. The van der Waals surface area contributed by atoms with Gasteiger partial charge >= 0.3 is 0 Å². The molecule has 102 valence electrons. The second kappa shape index (κ2) is 4.77. The molecule has 2 aliphatic heterocycles. The Morgan fingerprint density at radius 3 is 3.00 bits per heavy atom. The van der Waals surface area contributed by atoms with E-state index in [-0.39, 0.29) is 10.6 Å². The molecule has 19 heavy (non-hydrogen) atoms. The number of nitrogens with one attached hydrogen (secondary N) is 1. The normalized spacial score (nSPS) is 26.3. The zero-order valence-electron chi connectivity index (χ0n) is 11.0. The Morgan fingerprint density at radius 1 is 1.47 bits per heavy atom. The molecule has 6 nitrogen and oxygen atoms in total. The third kappa shape index (κ3) is 2.28. The molecule has 2 saturated heterocycles. The summed E-state index contributed by atoms with van der Waals surface area (Å²) in [5, 5.41) is 14.3. The Morgan fingerprint density at radius 2 is 2.32 bits per heavy atom. The van der Waals surface area contributed by atoms with E-state index in [2.05, 4.69) is 15.2 Å². The van der Waals surface area contributed by atoms with Crippen LogP contribution in [0.25, 0.3) is 0 Å². The number of fused-ring (bicyclic) bond motifs is 1. The van der Waals surface area contributed by atoms with Gasteiger partial charge in [0.25, 0.3) is 5.69 Å². The molecule has 0 saturated carbocycles. The highest BCUT2D eigenvalue weighted by atomic mass is 16.6. The van der Waals surface area contributed by atoms with E-state index >= 15 is 0 Å². The maximum absolute atomic E-state index is 10.8. The van der Waals surface area contributed by atoms with E-state index in [4.69, 9.17) is 0 Å². The van der Waals surface area contributed by atoms with Crippen LogP contribution in [0, 0.1) is 23.0 Å². The average molecular weight is 262 g/mol. The lowest BCUT2D eigenvalue weighted by Gasteiger charge is -2.24. The van der Waals surface area contributed by atoms with Crippen LogP contribution >= 0.6 is 0 Å². The SMILES string of the molecule is Cc1nc(N2CC3CCCNC3C2)ccc1[N+](=O)[O-]. The molecule has 0 aromatic carbocycles. The average Bonchev–Trinajstić information content (AvgIpc) is 2.81. The van der Waals surface area contributed by atoms with Gasteiger partial charge in [-0.25, -0.2) is 4.98 Å². The second-order valence-corrected chi connectivity index (χ2v) is 5.40. The van der Waals surface area contributed by atoms with E-state index in [1.807, 2.05) is 0 Å². The van der Waals surface area contributed by atoms with Crippen molar-refractivity contribution in [3.63, 3.8) is 0 Å². The van der Waals surface area contributed by atoms with Crippen molar-refractivity contribution in [1.29, 1.82) is 0 Å². The Labute approximate surface area is 112 Å². The largest absolute Gasteiger partial charge is 0.355 e. The maximum Gasteiger partial charge on any atom is 0.290 e. The van der Waals surface area contributed by atoms with Gasteiger partial charge in [-0.3, -0.25) is 10.1 Å². The van der Waals surface area contributed by atoms with E-state index < -0.39 is 0 Å². The molecule has 2 atom stereocenters. The van der Waals surface area contributed by atoms with Crippen LogP contribution in [-0.2, 0) is 0 Å². The summed E-state index contributed by atoms with van der Waals surface area (Å²) in [5.41, 5.74) is 0.587. The number of rotatable bonds is 2. The predicted octanol–water partition coefficient (Wildman–Crippen LogP) is 1.49. The number of piperidine rings is 1. The standard InChI is InChI=1S/C13H18N4O2/c1-9-12(17(18)19)4-5-13(15-9)16-7-10-3-2-6-14-11(10)8-16/h4-5,10-11,14H,2-3,6-8H2,1H3. The van der Waals surface area contributed by atoms with Crippen molar-refractivity contribution in [2.45, 2.75) is 25.8 Å². The number of hydrogen-bond donors (Lipinski definition) is 1. The highest BCUT2D eigenvalue weighted by molar-refractivity contribution is 5.48. The van der Waals surface area contributed by atoms with E-state index in [9.17, 15) is 10.1 Å². The quantitative estimate of drug-likeness (QED) is 0.645. The second-order valence-electron chi connectivity index (χ2n) is 5.40. The van der Waals surface area contributed by atoms with Gasteiger partial charge in [0.05, 0.1) is 4.92 Å². The molecule has 1 aromatic rings. The first kappa shape index (κ1) is 12.3. The van der Waals surface area contributed by atoms with Gasteiger partial charge in [0.15, 0.2) is 0 Å². The lowest BCUT2D eigenvalue weighted by molar-refractivity contribution is -0.385. The summed E-state index contributed by atoms with van der Waals surface area (Å²) >= 11 is 0. The molecule has 0 amide bonds. The van der Waals surface area contributed by atoms with Gasteiger partial charge in [0.2, 0.25) is 0 Å². The lowest BCUT2D eigenvalue weighted by Crippen LogP contribution is -2.40. The smallest absolute Gasteiger partial charge is 0.290 e. The van der Waals surface area contributed by atoms with Gasteiger partial charge in [-0.1, -0.05) is 0 Å². The molecule has 3 rings (SSSR count). The molecule has 1 aromatic heterocycles. The van der Waals surface area contributed by atoms with Crippen molar-refractivity contribution in [2.24, 2.45) is 5.92 Å². The van der Waals surface area contributed by atoms with Gasteiger partial charge in [-0.2, -0.15) is 0 Å². The number of pyridine rings is 1. The fraction of sp³-hybridized carbons (Fsp3) is 0.615. The van der Waals surface area contributed by atoms with Crippen LogP contribution in [-0.4, -0.2) is 35.6 Å². The Hall–Kier alpha value is -1.69. The van der Waals surface area contributed by atoms with E-state index in [1.54, 1.807) is 19.1 Å². The number of anilines is 1. The van der Waals surface area contributed by atoms with E-state index in [1.165, 1.54) is 12.8 Å². The molecule has 0 aliphatic carbocycles. The summed E-state index contributed by atoms with van der Waals surface area (Å²) in [6.07, 6.45) is 2.50. The van der Waals surface area contributed by atoms with Crippen molar-refractivity contribution in [3.8, 4) is 0 Å². The predicted molar refractivity (Wildman–Crippen MR) is 72.4 cm³/mol. The lowest BCUT2D eigenvalue weighted by atomic mass is 9.94. The maximum atomic E-state index is 10.8. The molecular formula is C13H18N4O2. The van der Waals surface area contributed by atoms with Gasteiger partial charge in [0.1, 0.15) is 11.5 Å². The fourth-order valence-corrected chi connectivity index (χ4v) is 3.14. The highest BCUT2D eigenvalue weighted by Crippen LogP contribution is 2.29. The van der Waals surface area contributed by atoms with Crippen molar-refractivity contribution in [2.75, 3.05) is 24.5 Å². The fourth-order valence-electron chi connectivity index (χ4n) is 3.14. The first-order valence-electron chi connectivity index (χ1n) is 6.75. The summed E-state index contributed by atoms with van der Waals surface area (Å²) in [6, 6.07) is 3.88. The van der Waals surface area contributed by atoms with Crippen LogP contribution in [0.5, 0.6) is 0 Å². The van der Waals surface area contributed by atoms with E-state index in [0.717, 1.165) is 25.5 Å². The molecule has 2 aliphatic rings. The van der Waals surface area contributed by atoms with Crippen LogP contribution in [0.15, 0.2) is 12.1 Å². The van der Waals surface area contributed by atoms with Crippen LogP contribution < -0.4 is 10.2 Å². The molecule has 1 N–H and O–H groups in total. The van der Waals surface area contributed by atoms with Crippen LogP contribution in [0.1, 0.15) is 18.5 Å². The van der Waals surface area contributed by atoms with Crippen LogP contribution in [0.2, 0.25) is 0 Å². The van der Waals surface area contributed by atoms with E-state index in [0.29, 0.717) is 17.7 Å². The number of nitro groups is 1. The Kier molecular flexibility index (Phi) is 3.10. The van der Waals surface area contributed by atoms with Crippen molar-refractivity contribution in [3.05, 3.63) is 27.9 Å². The highest BCUT2D eigenvalue weighted by Gasteiger charge is 2.34. The summed E-state index contributed by atoms with van der Waals surface area (Å²) < 4.78 is 0. The van der Waals surface area contributed by atoms with Gasteiger partial charge < -0.3 is 10.2 Å². The minimum atomic E-state index is -0.378. The molecule has 0 spiro atoms. The molecule has 0 radical (unpaired) electrons. The first-order valence-corrected chi connectivity index (χ1v) is 6.75. The first-order chi connectivity index (χ1) is 9.15. The minimum absolute atomic E-state index is 0.0958. The number of hydrogen-bond acceptors (Lipinski definition) is 5. The third-order valence-electron chi connectivity index (χ3n) is 4.16. The molecule has 6 heteroatoms. The summed E-state index contributed by atoms with van der Waals surface area (Å²) in [7, 11) is 0. The Balaban J connectivity index is 1.80. The third-order valence-corrected chi connectivity index (χ3v) is 4.16. The van der Waals surface area contributed by atoms with Gasteiger partial charge in [0, 0.05) is 25.2 Å². The molecular weight excluding hydrogens is 244 g/mol. The number of nitrogens with zero attached hydrogens (tertiary/aromatic N) is 3. The zero-order valence-corrected chi connectivity index (χ0v) is 11.0. The van der Waals surface area contributed by atoms with Gasteiger partial charge in [-0.15, -0.1) is 0 Å². The summed E-state index contributed by atoms with van der Waals surface area (Å²) in [5.74, 6) is 1.55. The number of aryl methyl sites for hydroxylation is 1. The van der Waals surface area contributed by atoms with Crippen LogP contribution in [0.4, 0.5) is 11.5 Å². The minimum Gasteiger partial charge on any atom is -0.355 e. The topological polar surface area (TPSA) is 71.3 Å². The summed E-state index contributed by atoms with van der Waals surface area (Å²) in [6.45, 7) is 4.75. The molecule has 3 heterocycles. The van der Waals surface area contributed by atoms with Crippen molar-refractivity contribution >= 4 is 11.5 Å². The summed E-state index contributed by atoms with van der Waals surface area (Å²) in [4.78, 5) is 17.1. The monoisotopic (exact) mass is 262 g/mol. The molecule has 2 unspecified atom stereocenters. The number of aromatic nitrogens is 1.